The minimum absolute atomic E-state index is 0.0683. The quantitative estimate of drug-likeness (QED) is 0.115. The van der Waals surface area contributed by atoms with Crippen molar-refractivity contribution in [2.45, 2.75) is 142 Å². The second-order valence-electron chi connectivity index (χ2n) is 9.33. The Balaban J connectivity index is 3.24. The molecular formula is C24H50O3Si. The molecule has 0 N–H and O–H groups in total. The first-order valence-corrected chi connectivity index (χ1v) is 15.5. The van der Waals surface area contributed by atoms with Crippen molar-refractivity contribution < 1.29 is 14.0 Å². The van der Waals surface area contributed by atoms with Gasteiger partial charge in [0, 0.05) is 12.5 Å². The van der Waals surface area contributed by atoms with Crippen molar-refractivity contribution >= 4 is 14.3 Å². The monoisotopic (exact) mass is 414 g/mol. The van der Waals surface area contributed by atoms with Crippen molar-refractivity contribution in [1.29, 1.82) is 0 Å². The van der Waals surface area contributed by atoms with Gasteiger partial charge in [-0.3, -0.25) is 4.79 Å². The van der Waals surface area contributed by atoms with Gasteiger partial charge in [-0.2, -0.15) is 0 Å². The van der Waals surface area contributed by atoms with Gasteiger partial charge in [-0.25, -0.2) is 0 Å². The molecule has 3 nitrogen and oxygen atoms in total. The second kappa shape index (κ2) is 18.7. The van der Waals surface area contributed by atoms with Crippen molar-refractivity contribution in [3.8, 4) is 0 Å². The van der Waals surface area contributed by atoms with Crippen LogP contribution in [0, 0.1) is 0 Å². The number of rotatable bonds is 20. The van der Waals surface area contributed by atoms with Gasteiger partial charge >= 0.3 is 5.97 Å². The summed E-state index contributed by atoms with van der Waals surface area (Å²) in [5, 5.41) is 0. The fourth-order valence-electron chi connectivity index (χ4n) is 3.71. The fraction of sp³-hybridized carbons (Fsp3) is 0.958. The number of carbonyl (C=O) groups excluding carboxylic acids is 1. The summed E-state index contributed by atoms with van der Waals surface area (Å²) in [6, 6.07) is 0. The van der Waals surface area contributed by atoms with Gasteiger partial charge in [0.2, 0.25) is 0 Å². The van der Waals surface area contributed by atoms with E-state index < -0.39 is 8.32 Å². The molecule has 1 atom stereocenters. The molecule has 4 heteroatoms. The lowest BCUT2D eigenvalue weighted by Gasteiger charge is -2.25. The van der Waals surface area contributed by atoms with Gasteiger partial charge in [-0.05, 0) is 38.9 Å². The van der Waals surface area contributed by atoms with Crippen LogP contribution in [-0.2, 0) is 14.0 Å². The summed E-state index contributed by atoms with van der Waals surface area (Å²) in [5.74, 6) is -0.0683. The SMILES string of the molecule is CCC(CCCCCCCCCCCCCCCCC(=O)OC)O[Si](C)(C)C. The zero-order chi connectivity index (χ0) is 21.1. The van der Waals surface area contributed by atoms with Crippen LogP contribution >= 0.6 is 0 Å². The van der Waals surface area contributed by atoms with Crippen LogP contribution in [0.5, 0.6) is 0 Å². The minimum atomic E-state index is -1.37. The summed E-state index contributed by atoms with van der Waals surface area (Å²) >= 11 is 0. The van der Waals surface area contributed by atoms with Gasteiger partial charge < -0.3 is 9.16 Å². The highest BCUT2D eigenvalue weighted by Gasteiger charge is 2.19. The van der Waals surface area contributed by atoms with E-state index in [-0.39, 0.29) is 5.97 Å². The lowest BCUT2D eigenvalue weighted by atomic mass is 10.0. The Bertz CT molecular complexity index is 352. The average molecular weight is 415 g/mol. The molecule has 0 aromatic heterocycles. The molecule has 0 heterocycles. The van der Waals surface area contributed by atoms with Gasteiger partial charge in [0.15, 0.2) is 8.32 Å². The molecule has 0 aromatic carbocycles. The topological polar surface area (TPSA) is 35.5 Å². The lowest BCUT2D eigenvalue weighted by molar-refractivity contribution is -0.140. The van der Waals surface area contributed by atoms with Gasteiger partial charge in [-0.15, -0.1) is 0 Å². The average Bonchev–Trinajstić information content (AvgIpc) is 2.65. The van der Waals surface area contributed by atoms with E-state index in [0.29, 0.717) is 12.5 Å². The number of ether oxygens (including phenoxy) is 1. The fourth-order valence-corrected chi connectivity index (χ4v) is 5.00. The van der Waals surface area contributed by atoms with E-state index >= 15 is 0 Å². The van der Waals surface area contributed by atoms with E-state index in [1.807, 2.05) is 0 Å². The third kappa shape index (κ3) is 20.4. The standard InChI is InChI=1S/C24H50O3Si/c1-6-23(27-28(3,4)5)21-19-17-15-13-11-9-7-8-10-12-14-16-18-20-22-24(25)26-2/h23H,6-22H2,1-5H3. The maximum Gasteiger partial charge on any atom is 0.305 e. The molecule has 0 amide bonds. The predicted molar refractivity (Wildman–Crippen MR) is 124 cm³/mol. The molecule has 0 aliphatic rings. The maximum absolute atomic E-state index is 11.0. The Hall–Kier alpha value is -0.353. The lowest BCUT2D eigenvalue weighted by Crippen LogP contribution is -2.31. The number of carbonyl (C=O) groups is 1. The molecule has 0 fully saturated rings. The summed E-state index contributed by atoms with van der Waals surface area (Å²) in [7, 11) is 0.0951. The molecule has 0 saturated carbocycles. The minimum Gasteiger partial charge on any atom is -0.469 e. The largest absolute Gasteiger partial charge is 0.469 e. The molecule has 0 aliphatic carbocycles. The Morgan fingerprint density at radius 1 is 0.714 bits per heavy atom. The number of esters is 1. The van der Waals surface area contributed by atoms with E-state index in [0.717, 1.165) is 12.8 Å². The normalized spacial score (nSPS) is 12.9. The molecule has 1 unspecified atom stereocenters. The summed E-state index contributed by atoms with van der Waals surface area (Å²) in [5.41, 5.74) is 0. The summed E-state index contributed by atoms with van der Waals surface area (Å²) < 4.78 is 10.9. The van der Waals surface area contributed by atoms with Crippen LogP contribution in [0.3, 0.4) is 0 Å². The number of hydrogen-bond acceptors (Lipinski definition) is 3. The van der Waals surface area contributed by atoms with Crippen molar-refractivity contribution in [1.82, 2.24) is 0 Å². The second-order valence-corrected chi connectivity index (χ2v) is 13.8. The van der Waals surface area contributed by atoms with Crippen LogP contribution < -0.4 is 0 Å². The highest BCUT2D eigenvalue weighted by Crippen LogP contribution is 2.17. The summed E-state index contributed by atoms with van der Waals surface area (Å²) in [6.45, 7) is 9.14. The van der Waals surface area contributed by atoms with Crippen molar-refractivity contribution in [2.75, 3.05) is 7.11 Å². The van der Waals surface area contributed by atoms with Crippen molar-refractivity contribution in [3.05, 3.63) is 0 Å². The van der Waals surface area contributed by atoms with Gasteiger partial charge in [0.05, 0.1) is 7.11 Å². The Labute approximate surface area is 177 Å². The first-order valence-electron chi connectivity index (χ1n) is 12.1. The zero-order valence-electron chi connectivity index (χ0n) is 19.8. The maximum atomic E-state index is 11.0. The Morgan fingerprint density at radius 3 is 1.46 bits per heavy atom. The number of unbranched alkanes of at least 4 members (excludes halogenated alkanes) is 13. The smallest absolute Gasteiger partial charge is 0.305 e. The van der Waals surface area contributed by atoms with Crippen LogP contribution in [0.1, 0.15) is 116 Å². The molecule has 0 saturated heterocycles. The third-order valence-corrected chi connectivity index (χ3v) is 6.40. The third-order valence-electron chi connectivity index (χ3n) is 5.36. The van der Waals surface area contributed by atoms with E-state index in [1.54, 1.807) is 0 Å². The van der Waals surface area contributed by atoms with Gasteiger partial charge in [0.25, 0.3) is 0 Å². The van der Waals surface area contributed by atoms with Crippen molar-refractivity contribution in [2.24, 2.45) is 0 Å². The highest BCUT2D eigenvalue weighted by atomic mass is 28.4. The Morgan fingerprint density at radius 2 is 1.11 bits per heavy atom. The van der Waals surface area contributed by atoms with Crippen LogP contribution in [-0.4, -0.2) is 27.5 Å². The van der Waals surface area contributed by atoms with Crippen LogP contribution in [0.2, 0.25) is 19.6 Å². The van der Waals surface area contributed by atoms with E-state index in [4.69, 9.17) is 4.43 Å². The molecule has 0 aliphatic heterocycles. The zero-order valence-corrected chi connectivity index (χ0v) is 20.8. The first-order chi connectivity index (χ1) is 13.4. The first kappa shape index (κ1) is 27.6. The van der Waals surface area contributed by atoms with E-state index in [9.17, 15) is 4.79 Å². The predicted octanol–water partition coefficient (Wildman–Crippen LogP) is 8.03. The molecule has 0 radical (unpaired) electrons. The molecule has 0 spiro atoms. The van der Waals surface area contributed by atoms with Gasteiger partial charge in [0.1, 0.15) is 0 Å². The van der Waals surface area contributed by atoms with Crippen LogP contribution in [0.25, 0.3) is 0 Å². The van der Waals surface area contributed by atoms with E-state index in [2.05, 4.69) is 31.3 Å². The molecule has 0 rings (SSSR count). The molecular weight excluding hydrogens is 364 g/mol. The number of hydrogen-bond donors (Lipinski definition) is 0. The summed E-state index contributed by atoms with van der Waals surface area (Å²) in [4.78, 5) is 11.0. The Kier molecular flexibility index (Phi) is 18.4. The molecule has 0 aromatic rings. The van der Waals surface area contributed by atoms with Gasteiger partial charge in [-0.1, -0.05) is 90.4 Å². The highest BCUT2D eigenvalue weighted by molar-refractivity contribution is 6.69. The van der Waals surface area contributed by atoms with Crippen LogP contribution in [0.4, 0.5) is 0 Å². The summed E-state index contributed by atoms with van der Waals surface area (Å²) in [6.07, 6.45) is 22.1. The van der Waals surface area contributed by atoms with E-state index in [1.165, 1.54) is 97.0 Å². The molecule has 0 bridgehead atoms. The molecule has 168 valence electrons. The molecule has 28 heavy (non-hydrogen) atoms. The van der Waals surface area contributed by atoms with Crippen molar-refractivity contribution in [3.63, 3.8) is 0 Å². The number of methoxy groups -OCH3 is 1. The van der Waals surface area contributed by atoms with Crippen LogP contribution in [0.15, 0.2) is 0 Å².